The summed E-state index contributed by atoms with van der Waals surface area (Å²) < 4.78 is 5.22. The quantitative estimate of drug-likeness (QED) is 0.824. The fraction of sp³-hybridized carbons (Fsp3) is 0.368. The summed E-state index contributed by atoms with van der Waals surface area (Å²) in [6, 6.07) is 17.6. The van der Waals surface area contributed by atoms with Crippen molar-refractivity contribution in [2.75, 3.05) is 13.7 Å². The molecule has 0 aliphatic rings. The Morgan fingerprint density at radius 2 is 1.76 bits per heavy atom. The van der Waals surface area contributed by atoms with Gasteiger partial charge in [0, 0.05) is 6.04 Å². The summed E-state index contributed by atoms with van der Waals surface area (Å²) in [7, 11) is 1.70. The zero-order valence-electron chi connectivity index (χ0n) is 13.2. The van der Waals surface area contributed by atoms with Crippen molar-refractivity contribution in [3.63, 3.8) is 0 Å². The van der Waals surface area contributed by atoms with Gasteiger partial charge in [0.2, 0.25) is 0 Å². The normalized spacial score (nSPS) is 12.1. The van der Waals surface area contributed by atoms with E-state index in [1.54, 1.807) is 7.11 Å². The van der Waals surface area contributed by atoms with Crippen molar-refractivity contribution in [2.24, 2.45) is 0 Å². The van der Waals surface area contributed by atoms with Crippen LogP contribution in [0.3, 0.4) is 0 Å². The van der Waals surface area contributed by atoms with Gasteiger partial charge in [-0.1, -0.05) is 50.2 Å². The van der Waals surface area contributed by atoms with E-state index in [0.29, 0.717) is 6.04 Å². The molecule has 1 N–H and O–H groups in total. The monoisotopic (exact) mass is 283 g/mol. The van der Waals surface area contributed by atoms with Gasteiger partial charge in [0.25, 0.3) is 0 Å². The Balaban J connectivity index is 2.17. The van der Waals surface area contributed by atoms with Gasteiger partial charge < -0.3 is 10.1 Å². The third kappa shape index (κ3) is 4.33. The van der Waals surface area contributed by atoms with Gasteiger partial charge >= 0.3 is 0 Å². The van der Waals surface area contributed by atoms with Crippen molar-refractivity contribution < 1.29 is 4.74 Å². The van der Waals surface area contributed by atoms with Crippen LogP contribution in [0.4, 0.5) is 0 Å². The van der Waals surface area contributed by atoms with Crippen molar-refractivity contribution in [1.82, 2.24) is 5.32 Å². The van der Waals surface area contributed by atoms with Crippen molar-refractivity contribution in [1.29, 1.82) is 0 Å². The van der Waals surface area contributed by atoms with E-state index in [1.165, 1.54) is 16.7 Å². The number of likely N-dealkylation sites (N-methyl/N-ethyl adjacent to an activating group) is 1. The summed E-state index contributed by atoms with van der Waals surface area (Å²) in [4.78, 5) is 0. The van der Waals surface area contributed by atoms with Crippen LogP contribution in [0.5, 0.6) is 5.75 Å². The second-order valence-electron chi connectivity index (χ2n) is 5.26. The maximum absolute atomic E-state index is 5.22. The van der Waals surface area contributed by atoms with Gasteiger partial charge in [-0.2, -0.15) is 0 Å². The number of hydrogen-bond acceptors (Lipinski definition) is 2. The molecular weight excluding hydrogens is 258 g/mol. The number of rotatable bonds is 7. The first-order chi connectivity index (χ1) is 10.3. The minimum absolute atomic E-state index is 0.356. The standard InChI is InChI=1S/C19H25NO/c1-4-15-7-6-8-17(13-15)19(20-5-2)14-16-9-11-18(21-3)12-10-16/h6-13,19-20H,4-5,14H2,1-3H3. The number of ether oxygens (including phenoxy) is 1. The SMILES string of the molecule is CCNC(Cc1ccc(OC)cc1)c1cccc(CC)c1. The van der Waals surface area contributed by atoms with Crippen molar-refractivity contribution in [3.8, 4) is 5.75 Å². The highest BCUT2D eigenvalue weighted by Crippen LogP contribution is 2.21. The highest BCUT2D eigenvalue weighted by atomic mass is 16.5. The topological polar surface area (TPSA) is 21.3 Å². The molecule has 112 valence electrons. The number of benzene rings is 2. The maximum Gasteiger partial charge on any atom is 0.118 e. The van der Waals surface area contributed by atoms with Gasteiger partial charge in [0.15, 0.2) is 0 Å². The largest absolute Gasteiger partial charge is 0.497 e. The molecular formula is C19H25NO. The predicted octanol–water partition coefficient (Wildman–Crippen LogP) is 4.15. The third-order valence-electron chi connectivity index (χ3n) is 3.81. The first-order valence-corrected chi connectivity index (χ1v) is 7.72. The molecule has 0 saturated heterocycles. The van der Waals surface area contributed by atoms with Crippen LogP contribution >= 0.6 is 0 Å². The Morgan fingerprint density at radius 1 is 1.00 bits per heavy atom. The van der Waals surface area contributed by atoms with Gasteiger partial charge in [-0.25, -0.2) is 0 Å². The average Bonchev–Trinajstić information content (AvgIpc) is 2.55. The Hall–Kier alpha value is -1.80. The molecule has 0 aliphatic carbocycles. The second-order valence-corrected chi connectivity index (χ2v) is 5.26. The summed E-state index contributed by atoms with van der Waals surface area (Å²) in [6.07, 6.45) is 2.07. The van der Waals surface area contributed by atoms with E-state index in [4.69, 9.17) is 4.74 Å². The second kappa shape index (κ2) is 7.84. The first kappa shape index (κ1) is 15.6. The summed E-state index contributed by atoms with van der Waals surface area (Å²) in [5, 5.41) is 3.60. The lowest BCUT2D eigenvalue weighted by Crippen LogP contribution is -2.23. The molecule has 2 aromatic carbocycles. The minimum atomic E-state index is 0.356. The molecule has 0 radical (unpaired) electrons. The molecule has 0 fully saturated rings. The van der Waals surface area contributed by atoms with E-state index in [1.807, 2.05) is 12.1 Å². The fourth-order valence-electron chi connectivity index (χ4n) is 2.58. The van der Waals surface area contributed by atoms with E-state index < -0.39 is 0 Å². The van der Waals surface area contributed by atoms with Gasteiger partial charge in [-0.15, -0.1) is 0 Å². The Bertz CT molecular complexity index is 548. The first-order valence-electron chi connectivity index (χ1n) is 7.72. The number of methoxy groups -OCH3 is 1. The molecule has 0 aliphatic heterocycles. The molecule has 0 spiro atoms. The van der Waals surface area contributed by atoms with Gasteiger partial charge in [0.1, 0.15) is 5.75 Å². The summed E-state index contributed by atoms with van der Waals surface area (Å²) in [6.45, 7) is 5.33. The van der Waals surface area contributed by atoms with Gasteiger partial charge in [-0.3, -0.25) is 0 Å². The number of aryl methyl sites for hydroxylation is 1. The van der Waals surface area contributed by atoms with Gasteiger partial charge in [-0.05, 0) is 48.2 Å². The molecule has 0 heterocycles. The van der Waals surface area contributed by atoms with E-state index >= 15 is 0 Å². The van der Waals surface area contributed by atoms with Crippen LogP contribution in [0, 0.1) is 0 Å². The highest BCUT2D eigenvalue weighted by molar-refractivity contribution is 5.31. The zero-order valence-corrected chi connectivity index (χ0v) is 13.2. The van der Waals surface area contributed by atoms with Crippen LogP contribution in [0.2, 0.25) is 0 Å². The average molecular weight is 283 g/mol. The molecule has 2 nitrogen and oxygen atoms in total. The zero-order chi connectivity index (χ0) is 15.1. The summed E-state index contributed by atoms with van der Waals surface area (Å²) in [5.41, 5.74) is 4.08. The van der Waals surface area contributed by atoms with Crippen LogP contribution in [0.1, 0.15) is 36.6 Å². The van der Waals surface area contributed by atoms with Crippen LogP contribution in [0.15, 0.2) is 48.5 Å². The summed E-state index contributed by atoms with van der Waals surface area (Å²) in [5.74, 6) is 0.909. The summed E-state index contributed by atoms with van der Waals surface area (Å²) >= 11 is 0. The molecule has 2 heteroatoms. The Morgan fingerprint density at radius 3 is 2.38 bits per heavy atom. The minimum Gasteiger partial charge on any atom is -0.497 e. The highest BCUT2D eigenvalue weighted by Gasteiger charge is 2.11. The van der Waals surface area contributed by atoms with Crippen molar-refractivity contribution in [3.05, 3.63) is 65.2 Å². The predicted molar refractivity (Wildman–Crippen MR) is 88.9 cm³/mol. The molecule has 0 bridgehead atoms. The van der Waals surface area contributed by atoms with Crippen LogP contribution in [-0.4, -0.2) is 13.7 Å². The maximum atomic E-state index is 5.22. The number of nitrogens with one attached hydrogen (secondary N) is 1. The molecule has 1 unspecified atom stereocenters. The van der Waals surface area contributed by atoms with Crippen LogP contribution in [0.25, 0.3) is 0 Å². The van der Waals surface area contributed by atoms with E-state index in [9.17, 15) is 0 Å². The molecule has 0 saturated carbocycles. The third-order valence-corrected chi connectivity index (χ3v) is 3.81. The van der Waals surface area contributed by atoms with E-state index in [2.05, 4.69) is 55.6 Å². The van der Waals surface area contributed by atoms with E-state index in [0.717, 1.165) is 25.1 Å². The van der Waals surface area contributed by atoms with Gasteiger partial charge in [0.05, 0.1) is 7.11 Å². The fourth-order valence-corrected chi connectivity index (χ4v) is 2.58. The lowest BCUT2D eigenvalue weighted by molar-refractivity contribution is 0.414. The Labute approximate surface area is 128 Å². The molecule has 2 aromatic rings. The lowest BCUT2D eigenvalue weighted by Gasteiger charge is -2.19. The van der Waals surface area contributed by atoms with Crippen molar-refractivity contribution >= 4 is 0 Å². The smallest absolute Gasteiger partial charge is 0.118 e. The molecule has 21 heavy (non-hydrogen) atoms. The Kier molecular flexibility index (Phi) is 5.82. The lowest BCUT2D eigenvalue weighted by atomic mass is 9.96. The van der Waals surface area contributed by atoms with Crippen LogP contribution in [-0.2, 0) is 12.8 Å². The van der Waals surface area contributed by atoms with E-state index in [-0.39, 0.29) is 0 Å². The molecule has 0 aromatic heterocycles. The van der Waals surface area contributed by atoms with Crippen LogP contribution < -0.4 is 10.1 Å². The molecule has 2 rings (SSSR count). The number of hydrogen-bond donors (Lipinski definition) is 1. The van der Waals surface area contributed by atoms with Crippen molar-refractivity contribution in [2.45, 2.75) is 32.7 Å². The molecule has 1 atom stereocenters. The molecule has 0 amide bonds.